The van der Waals surface area contributed by atoms with Crippen molar-refractivity contribution in [3.05, 3.63) is 0 Å². The minimum absolute atomic E-state index is 0.226. The van der Waals surface area contributed by atoms with Gasteiger partial charge in [0.1, 0.15) is 0 Å². The molecule has 0 aliphatic carbocycles. The van der Waals surface area contributed by atoms with Gasteiger partial charge in [0, 0.05) is 25.6 Å². The average Bonchev–Trinajstić information content (AvgIpc) is 2.70. The molecule has 16 heavy (non-hydrogen) atoms. The zero-order chi connectivity index (χ0) is 11.8. The molecule has 0 aromatic heterocycles. The number of aliphatic hydroxyl groups is 1. The maximum absolute atomic E-state index is 10.3. The van der Waals surface area contributed by atoms with Crippen molar-refractivity contribution in [1.82, 2.24) is 0 Å². The van der Waals surface area contributed by atoms with Crippen LogP contribution in [0.4, 0.5) is 0 Å². The Morgan fingerprint density at radius 3 is 2.50 bits per heavy atom. The minimum Gasteiger partial charge on any atom is -0.481 e. The lowest BCUT2D eigenvalue weighted by atomic mass is 9.91. The quantitative estimate of drug-likeness (QED) is 0.622. The van der Waals surface area contributed by atoms with E-state index >= 15 is 0 Å². The summed E-state index contributed by atoms with van der Waals surface area (Å²) in [5, 5.41) is 17.6. The first-order valence-corrected chi connectivity index (χ1v) is 6.14. The fourth-order valence-corrected chi connectivity index (χ4v) is 2.20. The van der Waals surface area contributed by atoms with Crippen molar-refractivity contribution in [3.63, 3.8) is 0 Å². The largest absolute Gasteiger partial charge is 0.481 e. The number of carbonyl (C=O) groups is 1. The SMILES string of the molecule is O=C(O)CCCCCC[C@@H]1COC[C@@H]1CO. The standard InChI is InChI=1S/C12H22O4/c13-7-11-9-16-8-10(11)5-3-1-2-4-6-12(14)15/h10-11,13H,1-9H2,(H,14,15)/t10-,11+/m1/s1. The Labute approximate surface area is 96.6 Å². The van der Waals surface area contributed by atoms with Crippen molar-refractivity contribution in [2.45, 2.75) is 38.5 Å². The third kappa shape index (κ3) is 4.94. The topological polar surface area (TPSA) is 66.8 Å². The molecule has 1 fully saturated rings. The van der Waals surface area contributed by atoms with Crippen LogP contribution in [0.1, 0.15) is 38.5 Å². The number of hydrogen-bond acceptors (Lipinski definition) is 3. The van der Waals surface area contributed by atoms with Crippen LogP contribution in [0.25, 0.3) is 0 Å². The third-order valence-electron chi connectivity index (χ3n) is 3.28. The molecule has 0 saturated carbocycles. The van der Waals surface area contributed by atoms with Crippen LogP contribution in [0.2, 0.25) is 0 Å². The summed E-state index contributed by atoms with van der Waals surface area (Å²) in [7, 11) is 0. The Bertz CT molecular complexity index is 205. The molecule has 1 rings (SSSR count). The number of carboxylic acids is 1. The molecule has 1 heterocycles. The number of unbranched alkanes of at least 4 members (excludes halogenated alkanes) is 3. The lowest BCUT2D eigenvalue weighted by Crippen LogP contribution is -2.16. The number of carboxylic acid groups (broad SMARTS) is 1. The molecule has 0 spiro atoms. The summed E-state index contributed by atoms with van der Waals surface area (Å²) in [6.07, 6.45) is 5.35. The monoisotopic (exact) mass is 230 g/mol. The van der Waals surface area contributed by atoms with Crippen molar-refractivity contribution in [3.8, 4) is 0 Å². The van der Waals surface area contributed by atoms with Crippen LogP contribution in [0.3, 0.4) is 0 Å². The van der Waals surface area contributed by atoms with Crippen molar-refractivity contribution in [2.75, 3.05) is 19.8 Å². The zero-order valence-electron chi connectivity index (χ0n) is 9.73. The molecule has 4 nitrogen and oxygen atoms in total. The second kappa shape index (κ2) is 7.63. The molecule has 0 radical (unpaired) electrons. The maximum Gasteiger partial charge on any atom is 0.303 e. The predicted molar refractivity (Wildman–Crippen MR) is 60.2 cm³/mol. The summed E-state index contributed by atoms with van der Waals surface area (Å²) in [6, 6.07) is 0. The van der Waals surface area contributed by atoms with Gasteiger partial charge >= 0.3 is 5.97 Å². The number of aliphatic hydroxyl groups excluding tert-OH is 1. The molecule has 2 atom stereocenters. The lowest BCUT2D eigenvalue weighted by Gasteiger charge is -2.14. The summed E-state index contributed by atoms with van der Waals surface area (Å²) < 4.78 is 5.33. The molecule has 2 N–H and O–H groups in total. The van der Waals surface area contributed by atoms with E-state index in [0.29, 0.717) is 18.4 Å². The molecular weight excluding hydrogens is 208 g/mol. The van der Waals surface area contributed by atoms with Crippen molar-refractivity contribution >= 4 is 5.97 Å². The first-order chi connectivity index (χ1) is 7.74. The Morgan fingerprint density at radius 1 is 1.12 bits per heavy atom. The summed E-state index contributed by atoms with van der Waals surface area (Å²) >= 11 is 0. The van der Waals surface area contributed by atoms with Gasteiger partial charge in [-0.15, -0.1) is 0 Å². The van der Waals surface area contributed by atoms with Gasteiger partial charge in [0.15, 0.2) is 0 Å². The van der Waals surface area contributed by atoms with Crippen molar-refractivity contribution in [1.29, 1.82) is 0 Å². The zero-order valence-corrected chi connectivity index (χ0v) is 9.73. The fourth-order valence-electron chi connectivity index (χ4n) is 2.20. The van der Waals surface area contributed by atoms with E-state index in [1.54, 1.807) is 0 Å². The van der Waals surface area contributed by atoms with Gasteiger partial charge < -0.3 is 14.9 Å². The molecule has 1 aliphatic rings. The van der Waals surface area contributed by atoms with Gasteiger partial charge in [-0.1, -0.05) is 19.3 Å². The summed E-state index contributed by atoms with van der Waals surface area (Å²) in [5.41, 5.74) is 0. The molecule has 0 aromatic carbocycles. The number of hydrogen-bond donors (Lipinski definition) is 2. The van der Waals surface area contributed by atoms with Gasteiger partial charge in [-0.3, -0.25) is 4.79 Å². The van der Waals surface area contributed by atoms with E-state index in [0.717, 1.165) is 38.7 Å². The molecule has 0 amide bonds. The highest BCUT2D eigenvalue weighted by atomic mass is 16.5. The van der Waals surface area contributed by atoms with E-state index in [4.69, 9.17) is 14.9 Å². The van der Waals surface area contributed by atoms with Crippen molar-refractivity contribution in [2.24, 2.45) is 11.8 Å². The Morgan fingerprint density at radius 2 is 1.81 bits per heavy atom. The Kier molecular flexibility index (Phi) is 6.42. The van der Waals surface area contributed by atoms with E-state index in [2.05, 4.69) is 0 Å². The number of ether oxygens (including phenoxy) is 1. The molecular formula is C12H22O4. The molecule has 1 aliphatic heterocycles. The predicted octanol–water partition coefficient (Wildman–Crippen LogP) is 1.67. The van der Waals surface area contributed by atoms with Crippen LogP contribution in [0, 0.1) is 11.8 Å². The van der Waals surface area contributed by atoms with E-state index in [-0.39, 0.29) is 13.0 Å². The molecule has 4 heteroatoms. The van der Waals surface area contributed by atoms with E-state index in [1.807, 2.05) is 0 Å². The number of aliphatic carboxylic acids is 1. The van der Waals surface area contributed by atoms with Crippen molar-refractivity contribution < 1.29 is 19.7 Å². The van der Waals surface area contributed by atoms with Crippen LogP contribution < -0.4 is 0 Å². The van der Waals surface area contributed by atoms with E-state index in [9.17, 15) is 4.79 Å². The van der Waals surface area contributed by atoms with Crippen LogP contribution in [-0.2, 0) is 9.53 Å². The van der Waals surface area contributed by atoms with Crippen LogP contribution >= 0.6 is 0 Å². The number of rotatable bonds is 8. The highest BCUT2D eigenvalue weighted by molar-refractivity contribution is 5.66. The third-order valence-corrected chi connectivity index (χ3v) is 3.28. The second-order valence-corrected chi connectivity index (χ2v) is 4.59. The summed E-state index contributed by atoms with van der Waals surface area (Å²) in [5.74, 6) is 0.119. The van der Waals surface area contributed by atoms with Gasteiger partial charge in [-0.2, -0.15) is 0 Å². The van der Waals surface area contributed by atoms with E-state index in [1.165, 1.54) is 0 Å². The summed E-state index contributed by atoms with van der Waals surface area (Å²) in [4.78, 5) is 10.3. The molecule has 0 aromatic rings. The Hall–Kier alpha value is -0.610. The van der Waals surface area contributed by atoms with Gasteiger partial charge in [0.25, 0.3) is 0 Å². The normalized spacial score (nSPS) is 24.8. The highest BCUT2D eigenvalue weighted by Gasteiger charge is 2.26. The molecule has 94 valence electrons. The van der Waals surface area contributed by atoms with Gasteiger partial charge in [0.05, 0.1) is 6.61 Å². The second-order valence-electron chi connectivity index (χ2n) is 4.59. The lowest BCUT2D eigenvalue weighted by molar-refractivity contribution is -0.137. The fraction of sp³-hybridized carbons (Fsp3) is 0.917. The van der Waals surface area contributed by atoms with Crippen LogP contribution in [0.15, 0.2) is 0 Å². The molecule has 0 bridgehead atoms. The molecule has 0 unspecified atom stereocenters. The Balaban J connectivity index is 1.96. The molecule has 1 saturated heterocycles. The first-order valence-electron chi connectivity index (χ1n) is 6.14. The van der Waals surface area contributed by atoms with Crippen LogP contribution in [-0.4, -0.2) is 36.0 Å². The van der Waals surface area contributed by atoms with Gasteiger partial charge in [-0.05, 0) is 18.8 Å². The average molecular weight is 230 g/mol. The maximum atomic E-state index is 10.3. The highest BCUT2D eigenvalue weighted by Crippen LogP contribution is 2.25. The smallest absolute Gasteiger partial charge is 0.303 e. The first kappa shape index (κ1) is 13.5. The van der Waals surface area contributed by atoms with Gasteiger partial charge in [0.2, 0.25) is 0 Å². The summed E-state index contributed by atoms with van der Waals surface area (Å²) in [6.45, 7) is 1.70. The van der Waals surface area contributed by atoms with Crippen LogP contribution in [0.5, 0.6) is 0 Å². The van der Waals surface area contributed by atoms with Gasteiger partial charge in [-0.25, -0.2) is 0 Å². The minimum atomic E-state index is -0.704. The van der Waals surface area contributed by atoms with E-state index < -0.39 is 5.97 Å².